The summed E-state index contributed by atoms with van der Waals surface area (Å²) in [4.78, 5) is 3.55. The van der Waals surface area contributed by atoms with Crippen molar-refractivity contribution in [3.63, 3.8) is 0 Å². The van der Waals surface area contributed by atoms with Crippen molar-refractivity contribution >= 4 is 12.1 Å². The van der Waals surface area contributed by atoms with Gasteiger partial charge in [0.1, 0.15) is 6.34 Å². The second-order valence-corrected chi connectivity index (χ2v) is 2.68. The Balaban J connectivity index is 2.28. The number of hydrazine groups is 1. The Morgan fingerprint density at radius 2 is 1.86 bits per heavy atom. The van der Waals surface area contributed by atoms with Crippen LogP contribution < -0.4 is 10.9 Å². The number of aliphatic imine (C=N–C) groups is 1. The first kappa shape index (κ1) is 8.36. The number of hydrogen-bond donors (Lipinski definition) is 2. The lowest BCUT2D eigenvalue weighted by Crippen LogP contribution is -2.22. The highest BCUT2D eigenvalue weighted by Gasteiger charge is 2.08. The van der Waals surface area contributed by atoms with Crippen LogP contribution in [-0.2, 0) is 0 Å². The largest absolute Gasteiger partial charge is 0.612 e. The zero-order valence-corrected chi connectivity index (χ0v) is 7.10. The average Bonchev–Trinajstić information content (AvgIpc) is 2.71. The van der Waals surface area contributed by atoms with Crippen molar-refractivity contribution < 1.29 is 4.90 Å². The van der Waals surface area contributed by atoms with Gasteiger partial charge < -0.3 is 10.4 Å². The Hall–Kier alpha value is -2.24. The van der Waals surface area contributed by atoms with E-state index in [4.69, 9.17) is 0 Å². The predicted molar refractivity (Wildman–Crippen MR) is 52.1 cm³/mol. The standard InChI is InChI=1S/C8H7N4O2/c13-12(14)7-3-1-6(2-4-7)8-9-5-10-11-8/h1-5,11H,(H-,9,10,13,14)/q-1. The van der Waals surface area contributed by atoms with Crippen molar-refractivity contribution in [2.45, 2.75) is 0 Å². The fourth-order valence-electron chi connectivity index (χ4n) is 1.12. The molecule has 0 fully saturated rings. The van der Waals surface area contributed by atoms with Crippen LogP contribution in [0.25, 0.3) is 0 Å². The highest BCUT2D eigenvalue weighted by Crippen LogP contribution is 2.12. The van der Waals surface area contributed by atoms with Crippen LogP contribution in [-0.4, -0.2) is 17.0 Å². The minimum atomic E-state index is -0.432. The number of allylic oxidation sites excluding steroid dienone is 5. The Kier molecular flexibility index (Phi) is 1.94. The van der Waals surface area contributed by atoms with Gasteiger partial charge in [0.25, 0.3) is 0 Å². The molecule has 1 heterocycles. The normalized spacial score (nSPS) is 18.4. The smallest absolute Gasteiger partial charge is 0.222 e. The summed E-state index contributed by atoms with van der Waals surface area (Å²) in [6.45, 7) is 0. The summed E-state index contributed by atoms with van der Waals surface area (Å²) in [5, 5.41) is 20.7. The van der Waals surface area contributed by atoms with E-state index in [1.807, 2.05) is 0 Å². The molecule has 72 valence electrons. The molecule has 6 nitrogen and oxygen atoms in total. The van der Waals surface area contributed by atoms with E-state index in [2.05, 4.69) is 15.8 Å². The van der Waals surface area contributed by atoms with Crippen molar-refractivity contribution in [2.24, 2.45) is 4.99 Å². The Morgan fingerprint density at radius 3 is 2.36 bits per heavy atom. The molecule has 2 rings (SSSR count). The molecule has 2 N–H and O–H groups in total. The van der Waals surface area contributed by atoms with Crippen molar-refractivity contribution in [2.75, 3.05) is 0 Å². The quantitative estimate of drug-likeness (QED) is 0.414. The molecule has 0 saturated carbocycles. The van der Waals surface area contributed by atoms with E-state index in [-0.39, 0.29) is 5.71 Å². The van der Waals surface area contributed by atoms with Crippen LogP contribution in [0.1, 0.15) is 0 Å². The van der Waals surface area contributed by atoms with Crippen LogP contribution >= 0.6 is 0 Å². The Bertz CT molecular complexity index is 382. The topological polar surface area (TPSA) is 85.5 Å². The van der Waals surface area contributed by atoms with Gasteiger partial charge in [-0.3, -0.25) is 10.9 Å². The van der Waals surface area contributed by atoms with Crippen LogP contribution in [0.4, 0.5) is 0 Å². The lowest BCUT2D eigenvalue weighted by Gasteiger charge is -2.08. The van der Waals surface area contributed by atoms with Crippen LogP contribution in [0.3, 0.4) is 0 Å². The molecule has 1 aliphatic heterocycles. The lowest BCUT2D eigenvalue weighted by molar-refractivity contribution is -0.377. The van der Waals surface area contributed by atoms with Gasteiger partial charge in [0.05, 0.1) is 0 Å². The van der Waals surface area contributed by atoms with Crippen LogP contribution in [0.2, 0.25) is 0 Å². The van der Waals surface area contributed by atoms with Gasteiger partial charge in [0, 0.05) is 17.7 Å². The van der Waals surface area contributed by atoms with E-state index < -0.39 is 4.90 Å². The molecule has 0 spiro atoms. The molecule has 0 aromatic heterocycles. The molecule has 0 bridgehead atoms. The zero-order valence-electron chi connectivity index (χ0n) is 7.10. The third-order valence-electron chi connectivity index (χ3n) is 1.80. The van der Waals surface area contributed by atoms with Gasteiger partial charge in [-0.2, -0.15) is 4.90 Å². The SMILES string of the molecule is [O-][N+]([O-])=C1C=CC(=C2N=CNN2)C=C1. The molecule has 6 heteroatoms. The molecule has 0 aromatic rings. The van der Waals surface area contributed by atoms with Crippen molar-refractivity contribution in [1.29, 1.82) is 0 Å². The fourth-order valence-corrected chi connectivity index (χ4v) is 1.12. The van der Waals surface area contributed by atoms with Crippen LogP contribution in [0.15, 0.2) is 40.7 Å². The number of nitrogens with one attached hydrogen (secondary N) is 2. The summed E-state index contributed by atoms with van der Waals surface area (Å²) in [5.74, 6) is 0.653. The zero-order chi connectivity index (χ0) is 9.97. The van der Waals surface area contributed by atoms with Crippen molar-refractivity contribution in [3.8, 4) is 0 Å². The van der Waals surface area contributed by atoms with Gasteiger partial charge in [-0.1, -0.05) is 0 Å². The van der Waals surface area contributed by atoms with Crippen molar-refractivity contribution in [1.82, 2.24) is 10.9 Å². The summed E-state index contributed by atoms with van der Waals surface area (Å²) >= 11 is 0. The summed E-state index contributed by atoms with van der Waals surface area (Å²) in [6, 6.07) is 0. The summed E-state index contributed by atoms with van der Waals surface area (Å²) in [6.07, 6.45) is 7.68. The summed E-state index contributed by atoms with van der Waals surface area (Å²) in [5.41, 5.74) is 6.37. The van der Waals surface area contributed by atoms with E-state index in [0.717, 1.165) is 5.57 Å². The molecule has 14 heavy (non-hydrogen) atoms. The molecule has 0 unspecified atom stereocenters. The van der Waals surface area contributed by atoms with E-state index in [0.29, 0.717) is 5.82 Å². The molecule has 2 aliphatic rings. The molecule has 0 saturated heterocycles. The molecule has 0 atom stereocenters. The average molecular weight is 191 g/mol. The second-order valence-electron chi connectivity index (χ2n) is 2.68. The molecule has 0 amide bonds. The first-order chi connectivity index (χ1) is 6.77. The van der Waals surface area contributed by atoms with E-state index in [9.17, 15) is 10.4 Å². The van der Waals surface area contributed by atoms with E-state index >= 15 is 0 Å². The third kappa shape index (κ3) is 1.45. The highest BCUT2D eigenvalue weighted by atomic mass is 16.8. The fraction of sp³-hybridized carbons (Fsp3) is 0. The molecular formula is C8H7N4O2-. The van der Waals surface area contributed by atoms with E-state index in [1.54, 1.807) is 12.2 Å². The maximum Gasteiger partial charge on any atom is 0.222 e. The van der Waals surface area contributed by atoms with E-state index in [1.165, 1.54) is 18.5 Å². The number of nitrogens with zero attached hydrogens (tertiary/aromatic N) is 2. The number of rotatable bonds is 0. The van der Waals surface area contributed by atoms with Crippen LogP contribution in [0.5, 0.6) is 0 Å². The highest BCUT2D eigenvalue weighted by molar-refractivity contribution is 6.02. The summed E-state index contributed by atoms with van der Waals surface area (Å²) in [7, 11) is 0. The maximum absolute atomic E-state index is 10.4. The maximum atomic E-state index is 10.4. The molecule has 1 aliphatic carbocycles. The first-order valence-corrected chi connectivity index (χ1v) is 3.93. The monoisotopic (exact) mass is 191 g/mol. The third-order valence-corrected chi connectivity index (χ3v) is 1.80. The molecule has 0 aromatic carbocycles. The van der Waals surface area contributed by atoms with Gasteiger partial charge >= 0.3 is 0 Å². The van der Waals surface area contributed by atoms with Crippen LogP contribution in [0, 0.1) is 10.4 Å². The first-order valence-electron chi connectivity index (χ1n) is 3.93. The minimum Gasteiger partial charge on any atom is -0.612 e. The second kappa shape index (κ2) is 3.25. The van der Waals surface area contributed by atoms with Crippen molar-refractivity contribution in [3.05, 3.63) is 46.1 Å². The van der Waals surface area contributed by atoms with Gasteiger partial charge in [0.2, 0.25) is 5.71 Å². The van der Waals surface area contributed by atoms with Gasteiger partial charge in [-0.15, -0.1) is 0 Å². The van der Waals surface area contributed by atoms with Gasteiger partial charge in [-0.25, -0.2) is 4.99 Å². The molecular weight excluding hydrogens is 184 g/mol. The Labute approximate surface area is 79.8 Å². The Morgan fingerprint density at radius 1 is 1.14 bits per heavy atom. The van der Waals surface area contributed by atoms with Gasteiger partial charge in [0.15, 0.2) is 5.82 Å². The number of hydrogen-bond acceptors (Lipinski definition) is 5. The predicted octanol–water partition coefficient (Wildman–Crippen LogP) is -0.0908. The molecule has 0 radical (unpaired) electrons. The lowest BCUT2D eigenvalue weighted by atomic mass is 10.1. The minimum absolute atomic E-state index is 0.0734. The van der Waals surface area contributed by atoms with Gasteiger partial charge in [-0.05, 0) is 12.2 Å². The summed E-state index contributed by atoms with van der Waals surface area (Å²) < 4.78 is 0.